The molecule has 22 heavy (non-hydrogen) atoms. The van der Waals surface area contributed by atoms with Gasteiger partial charge in [-0.15, -0.1) is 0 Å². The van der Waals surface area contributed by atoms with Gasteiger partial charge in [0.15, 0.2) is 0 Å². The summed E-state index contributed by atoms with van der Waals surface area (Å²) >= 11 is 0. The zero-order valence-corrected chi connectivity index (χ0v) is 13.9. The molecule has 0 unspecified atom stereocenters. The Kier molecular flexibility index (Phi) is 6.37. The third kappa shape index (κ3) is 5.05. The van der Waals surface area contributed by atoms with E-state index in [4.69, 9.17) is 0 Å². The van der Waals surface area contributed by atoms with E-state index >= 15 is 0 Å². The van der Waals surface area contributed by atoms with Crippen molar-refractivity contribution < 1.29 is 13.5 Å². The van der Waals surface area contributed by atoms with E-state index in [1.54, 1.807) is 7.05 Å². The van der Waals surface area contributed by atoms with E-state index < -0.39 is 16.3 Å². The highest BCUT2D eigenvalue weighted by Gasteiger charge is 2.27. The number of benzene rings is 1. The fourth-order valence-electron chi connectivity index (χ4n) is 2.90. The average Bonchev–Trinajstić information content (AvgIpc) is 2.54. The molecule has 0 aromatic heterocycles. The largest absolute Gasteiger partial charge is 0.391 e. The molecule has 0 bridgehead atoms. The third-order valence-corrected chi connectivity index (χ3v) is 5.87. The highest BCUT2D eigenvalue weighted by molar-refractivity contribution is 7.87. The van der Waals surface area contributed by atoms with Crippen LogP contribution in [0.4, 0.5) is 0 Å². The summed E-state index contributed by atoms with van der Waals surface area (Å²) in [6.07, 6.45) is 4.91. The Morgan fingerprint density at radius 3 is 2.50 bits per heavy atom. The maximum Gasteiger partial charge on any atom is 0.279 e. The summed E-state index contributed by atoms with van der Waals surface area (Å²) in [7, 11) is -1.90. The summed E-state index contributed by atoms with van der Waals surface area (Å²) < 4.78 is 28.5. The molecule has 0 aliphatic heterocycles. The van der Waals surface area contributed by atoms with Crippen molar-refractivity contribution in [2.24, 2.45) is 0 Å². The minimum atomic E-state index is -3.52. The summed E-state index contributed by atoms with van der Waals surface area (Å²) in [4.78, 5) is 0. The van der Waals surface area contributed by atoms with Crippen LogP contribution in [-0.2, 0) is 16.6 Å². The molecule has 1 fully saturated rings. The predicted molar refractivity (Wildman–Crippen MR) is 87.7 cm³/mol. The van der Waals surface area contributed by atoms with Gasteiger partial charge >= 0.3 is 0 Å². The van der Waals surface area contributed by atoms with Crippen molar-refractivity contribution in [2.75, 3.05) is 13.6 Å². The van der Waals surface area contributed by atoms with Crippen LogP contribution in [0.25, 0.3) is 0 Å². The number of hydrogen-bond acceptors (Lipinski definition) is 3. The summed E-state index contributed by atoms with van der Waals surface area (Å²) in [6.45, 7) is 0.0360. The summed E-state index contributed by atoms with van der Waals surface area (Å²) in [5, 5.41) is 10.0. The van der Waals surface area contributed by atoms with Crippen LogP contribution in [0.15, 0.2) is 30.3 Å². The first-order valence-electron chi connectivity index (χ1n) is 7.93. The molecule has 0 amide bonds. The Morgan fingerprint density at radius 1 is 1.23 bits per heavy atom. The molecule has 1 aromatic carbocycles. The van der Waals surface area contributed by atoms with Gasteiger partial charge in [-0.1, -0.05) is 49.6 Å². The molecular formula is C16H26N2O3S. The van der Waals surface area contributed by atoms with Crippen LogP contribution in [0.2, 0.25) is 0 Å². The summed E-state index contributed by atoms with van der Waals surface area (Å²) in [5.74, 6) is 0. The molecule has 1 atom stereocenters. The maximum atomic E-state index is 12.3. The van der Waals surface area contributed by atoms with Crippen LogP contribution in [-0.4, -0.2) is 43.6 Å². The lowest BCUT2D eigenvalue weighted by molar-refractivity contribution is 0.177. The number of rotatable bonds is 7. The van der Waals surface area contributed by atoms with E-state index in [1.807, 2.05) is 30.3 Å². The number of nitrogens with one attached hydrogen (secondary N) is 1. The second-order valence-corrected chi connectivity index (χ2v) is 7.82. The van der Waals surface area contributed by atoms with Crippen LogP contribution in [0.5, 0.6) is 0 Å². The minimum Gasteiger partial charge on any atom is -0.391 e. The molecule has 2 rings (SSSR count). The van der Waals surface area contributed by atoms with Crippen molar-refractivity contribution in [3.63, 3.8) is 0 Å². The monoisotopic (exact) mass is 326 g/mol. The van der Waals surface area contributed by atoms with Gasteiger partial charge in [-0.2, -0.15) is 17.4 Å². The Labute approximate surface area is 133 Å². The molecule has 1 saturated carbocycles. The molecule has 124 valence electrons. The average molecular weight is 326 g/mol. The Morgan fingerprint density at radius 2 is 1.86 bits per heavy atom. The molecule has 5 nitrogen and oxygen atoms in total. The van der Waals surface area contributed by atoms with Crippen molar-refractivity contribution in [3.05, 3.63) is 35.9 Å². The molecule has 0 spiro atoms. The molecule has 6 heteroatoms. The SMILES string of the molecule is CN(C1CCCCC1)S(=O)(=O)NC[C@H](O)Cc1ccccc1. The minimum absolute atomic E-state index is 0.0360. The molecule has 1 aromatic rings. The van der Waals surface area contributed by atoms with E-state index in [0.717, 1.165) is 31.2 Å². The number of hydrogen-bond donors (Lipinski definition) is 2. The van der Waals surface area contributed by atoms with Gasteiger partial charge in [-0.3, -0.25) is 0 Å². The lowest BCUT2D eigenvalue weighted by atomic mass is 9.96. The van der Waals surface area contributed by atoms with Gasteiger partial charge in [0.25, 0.3) is 10.2 Å². The standard InChI is InChI=1S/C16H26N2O3S/c1-18(15-10-6-3-7-11-15)22(20,21)17-13-16(19)12-14-8-4-2-5-9-14/h2,4-5,8-9,15-17,19H,3,6-7,10-13H2,1H3/t16-/m1/s1. The topological polar surface area (TPSA) is 69.6 Å². The van der Waals surface area contributed by atoms with Crippen LogP contribution in [0.1, 0.15) is 37.7 Å². The first kappa shape index (κ1) is 17.4. The van der Waals surface area contributed by atoms with Crippen LogP contribution < -0.4 is 4.72 Å². The Balaban J connectivity index is 1.83. The van der Waals surface area contributed by atoms with Gasteiger partial charge < -0.3 is 5.11 Å². The Bertz CT molecular complexity index is 542. The van der Waals surface area contributed by atoms with Crippen molar-refractivity contribution in [2.45, 2.75) is 50.7 Å². The highest BCUT2D eigenvalue weighted by Crippen LogP contribution is 2.22. The van der Waals surface area contributed by atoms with E-state index in [0.29, 0.717) is 6.42 Å². The Hall–Kier alpha value is -0.950. The van der Waals surface area contributed by atoms with Gasteiger partial charge in [0, 0.05) is 19.6 Å². The van der Waals surface area contributed by atoms with E-state index in [1.165, 1.54) is 10.7 Å². The van der Waals surface area contributed by atoms with Crippen LogP contribution in [0.3, 0.4) is 0 Å². The third-order valence-electron chi connectivity index (χ3n) is 4.28. The van der Waals surface area contributed by atoms with E-state index in [9.17, 15) is 13.5 Å². The molecule has 1 aliphatic rings. The molecule has 0 heterocycles. The van der Waals surface area contributed by atoms with Crippen LogP contribution in [0, 0.1) is 0 Å². The number of nitrogens with zero attached hydrogens (tertiary/aromatic N) is 1. The lowest BCUT2D eigenvalue weighted by Crippen LogP contribution is -2.47. The molecular weight excluding hydrogens is 300 g/mol. The first-order valence-corrected chi connectivity index (χ1v) is 9.37. The molecule has 1 aliphatic carbocycles. The fraction of sp³-hybridized carbons (Fsp3) is 0.625. The quantitative estimate of drug-likeness (QED) is 0.801. The second-order valence-electron chi connectivity index (χ2n) is 6.01. The first-order chi connectivity index (χ1) is 10.5. The second kappa shape index (κ2) is 8.06. The molecule has 0 radical (unpaired) electrons. The van der Waals surface area contributed by atoms with E-state index in [2.05, 4.69) is 4.72 Å². The van der Waals surface area contributed by atoms with Gasteiger partial charge in [0.05, 0.1) is 6.10 Å². The van der Waals surface area contributed by atoms with E-state index in [-0.39, 0.29) is 12.6 Å². The van der Waals surface area contributed by atoms with Gasteiger partial charge in [0.2, 0.25) is 0 Å². The zero-order chi connectivity index (χ0) is 16.0. The van der Waals surface area contributed by atoms with Crippen molar-refractivity contribution in [3.8, 4) is 0 Å². The van der Waals surface area contributed by atoms with Crippen molar-refractivity contribution >= 4 is 10.2 Å². The van der Waals surface area contributed by atoms with Gasteiger partial charge in [0.1, 0.15) is 0 Å². The summed E-state index contributed by atoms with van der Waals surface area (Å²) in [6, 6.07) is 9.65. The fourth-order valence-corrected chi connectivity index (χ4v) is 4.11. The predicted octanol–water partition coefficient (Wildman–Crippen LogP) is 1.69. The summed E-state index contributed by atoms with van der Waals surface area (Å²) in [5.41, 5.74) is 0.995. The molecule has 0 saturated heterocycles. The zero-order valence-electron chi connectivity index (χ0n) is 13.1. The molecule has 2 N–H and O–H groups in total. The van der Waals surface area contributed by atoms with Gasteiger partial charge in [-0.05, 0) is 24.8 Å². The highest BCUT2D eigenvalue weighted by atomic mass is 32.2. The van der Waals surface area contributed by atoms with Crippen LogP contribution >= 0.6 is 0 Å². The smallest absolute Gasteiger partial charge is 0.279 e. The maximum absolute atomic E-state index is 12.3. The van der Waals surface area contributed by atoms with Gasteiger partial charge in [-0.25, -0.2) is 0 Å². The number of aliphatic hydroxyl groups excluding tert-OH is 1. The lowest BCUT2D eigenvalue weighted by Gasteiger charge is -2.30. The van der Waals surface area contributed by atoms with Crippen molar-refractivity contribution in [1.29, 1.82) is 0 Å². The van der Waals surface area contributed by atoms with Crippen molar-refractivity contribution in [1.82, 2.24) is 9.03 Å². The normalized spacial score (nSPS) is 18.5. The number of aliphatic hydroxyl groups is 1.